The van der Waals surface area contributed by atoms with Crippen LogP contribution < -0.4 is 15.5 Å². The molecule has 9 heteroatoms. The maximum Gasteiger partial charge on any atom is 0.343 e. The summed E-state index contributed by atoms with van der Waals surface area (Å²) < 4.78 is 5.28. The smallest absolute Gasteiger partial charge is 0.343 e. The highest BCUT2D eigenvalue weighted by atomic mass is 35.5. The van der Waals surface area contributed by atoms with Gasteiger partial charge in [-0.3, -0.25) is 9.59 Å². The second-order valence-electron chi connectivity index (χ2n) is 6.58. The number of rotatable bonds is 5. The summed E-state index contributed by atoms with van der Waals surface area (Å²) in [6.07, 6.45) is 1.35. The fraction of sp³-hybridized carbons (Fsp3) is 0.0435. The lowest BCUT2D eigenvalue weighted by atomic mass is 10.2. The predicted octanol–water partition coefficient (Wildman–Crippen LogP) is 4.61. The van der Waals surface area contributed by atoms with Gasteiger partial charge in [0.1, 0.15) is 5.75 Å². The van der Waals surface area contributed by atoms with Gasteiger partial charge in [0.25, 0.3) is 0 Å². The van der Waals surface area contributed by atoms with Crippen molar-refractivity contribution in [2.24, 2.45) is 5.10 Å². The van der Waals surface area contributed by atoms with Crippen LogP contribution in [0.15, 0.2) is 71.8 Å². The third-order valence-corrected chi connectivity index (χ3v) is 4.85. The van der Waals surface area contributed by atoms with E-state index in [-0.39, 0.29) is 0 Å². The van der Waals surface area contributed by atoms with E-state index in [1.54, 1.807) is 66.7 Å². The Morgan fingerprint density at radius 2 is 1.59 bits per heavy atom. The Hall–Kier alpha value is -3.68. The van der Waals surface area contributed by atoms with Gasteiger partial charge in [-0.2, -0.15) is 5.10 Å². The van der Waals surface area contributed by atoms with Crippen LogP contribution in [0.2, 0.25) is 10.0 Å². The second-order valence-corrected chi connectivity index (χ2v) is 7.43. The van der Waals surface area contributed by atoms with Crippen LogP contribution in [0.1, 0.15) is 21.5 Å². The Labute approximate surface area is 194 Å². The zero-order valence-electron chi connectivity index (χ0n) is 16.8. The van der Waals surface area contributed by atoms with E-state index in [9.17, 15) is 14.4 Å². The van der Waals surface area contributed by atoms with Crippen molar-refractivity contribution in [1.29, 1.82) is 0 Å². The van der Waals surface area contributed by atoms with Gasteiger partial charge in [0.05, 0.1) is 11.8 Å². The van der Waals surface area contributed by atoms with Gasteiger partial charge in [-0.1, -0.05) is 29.3 Å². The fourth-order valence-corrected chi connectivity index (χ4v) is 2.76. The topological polar surface area (TPSA) is 96.9 Å². The van der Waals surface area contributed by atoms with E-state index in [1.807, 2.05) is 6.92 Å². The van der Waals surface area contributed by atoms with Crippen LogP contribution in [0.25, 0.3) is 0 Å². The monoisotopic (exact) mass is 469 g/mol. The molecule has 3 aromatic rings. The van der Waals surface area contributed by atoms with Gasteiger partial charge in [0.2, 0.25) is 0 Å². The number of hydrogen-bond acceptors (Lipinski definition) is 5. The third kappa shape index (κ3) is 6.41. The van der Waals surface area contributed by atoms with Crippen molar-refractivity contribution in [3.05, 3.63) is 93.5 Å². The molecule has 0 saturated heterocycles. The van der Waals surface area contributed by atoms with Crippen molar-refractivity contribution in [2.45, 2.75) is 6.92 Å². The Morgan fingerprint density at radius 3 is 2.25 bits per heavy atom. The summed E-state index contributed by atoms with van der Waals surface area (Å²) in [5.74, 6) is -2.00. The maximum absolute atomic E-state index is 12.1. The van der Waals surface area contributed by atoms with Crippen molar-refractivity contribution in [3.8, 4) is 5.75 Å². The molecule has 0 bridgehead atoms. The van der Waals surface area contributed by atoms with E-state index in [2.05, 4.69) is 15.8 Å². The van der Waals surface area contributed by atoms with Crippen molar-refractivity contribution in [3.63, 3.8) is 0 Å². The average Bonchev–Trinajstić information content (AvgIpc) is 2.77. The summed E-state index contributed by atoms with van der Waals surface area (Å²) in [5, 5.41) is 7.18. The van der Waals surface area contributed by atoms with Gasteiger partial charge in [0.15, 0.2) is 0 Å². The molecular formula is C23H17Cl2N3O4. The summed E-state index contributed by atoms with van der Waals surface area (Å²) in [5.41, 5.74) is 4.37. The first-order valence-electron chi connectivity index (χ1n) is 9.30. The highest BCUT2D eigenvalue weighted by Gasteiger charge is 2.13. The highest BCUT2D eigenvalue weighted by Crippen LogP contribution is 2.20. The number of carbonyl (C=O) groups is 3. The quantitative estimate of drug-likeness (QED) is 0.187. The number of aryl methyl sites for hydroxylation is 1. The molecule has 7 nitrogen and oxygen atoms in total. The highest BCUT2D eigenvalue weighted by molar-refractivity contribution is 6.39. The zero-order valence-corrected chi connectivity index (χ0v) is 18.3. The van der Waals surface area contributed by atoms with Crippen LogP contribution in [0, 0.1) is 6.92 Å². The van der Waals surface area contributed by atoms with E-state index in [4.69, 9.17) is 27.9 Å². The van der Waals surface area contributed by atoms with E-state index in [1.165, 1.54) is 6.21 Å². The van der Waals surface area contributed by atoms with Gasteiger partial charge in [-0.15, -0.1) is 0 Å². The fourth-order valence-electron chi connectivity index (χ4n) is 2.45. The first-order valence-corrected chi connectivity index (χ1v) is 10.1. The number of hydrogen-bond donors (Lipinski definition) is 2. The van der Waals surface area contributed by atoms with E-state index >= 15 is 0 Å². The zero-order chi connectivity index (χ0) is 23.1. The first kappa shape index (κ1) is 23.0. The molecule has 2 N–H and O–H groups in total. The molecule has 3 rings (SSSR count). The molecule has 0 spiro atoms. The summed E-state index contributed by atoms with van der Waals surface area (Å²) in [6, 6.07) is 17.7. The second kappa shape index (κ2) is 10.6. The number of carbonyl (C=O) groups excluding carboxylic acids is 3. The minimum absolute atomic E-state index is 0.335. The van der Waals surface area contributed by atoms with Crippen molar-refractivity contribution in [2.75, 3.05) is 5.32 Å². The van der Waals surface area contributed by atoms with Crippen molar-refractivity contribution in [1.82, 2.24) is 5.43 Å². The molecule has 0 heterocycles. The average molecular weight is 470 g/mol. The predicted molar refractivity (Wildman–Crippen MR) is 123 cm³/mol. The van der Waals surface area contributed by atoms with Gasteiger partial charge in [0, 0.05) is 15.7 Å². The summed E-state index contributed by atoms with van der Waals surface area (Å²) in [4.78, 5) is 35.9. The van der Waals surface area contributed by atoms with Crippen LogP contribution in [0.5, 0.6) is 5.75 Å². The molecular weight excluding hydrogens is 453 g/mol. The SMILES string of the molecule is Cc1ccc(NC(=O)C(=O)N/N=C\c2ccc(OC(=O)c3ccc(Cl)cc3)cc2)cc1Cl. The van der Waals surface area contributed by atoms with Crippen LogP contribution in [-0.2, 0) is 9.59 Å². The molecule has 0 atom stereocenters. The van der Waals surface area contributed by atoms with E-state index < -0.39 is 17.8 Å². The number of nitrogens with zero attached hydrogens (tertiary/aromatic N) is 1. The molecule has 0 aliphatic heterocycles. The lowest BCUT2D eigenvalue weighted by Gasteiger charge is -2.06. The molecule has 0 radical (unpaired) electrons. The van der Waals surface area contributed by atoms with Gasteiger partial charge >= 0.3 is 17.8 Å². The number of hydrazone groups is 1. The first-order chi connectivity index (χ1) is 15.3. The van der Waals surface area contributed by atoms with Crippen LogP contribution in [0.3, 0.4) is 0 Å². The molecule has 0 aromatic heterocycles. The molecule has 0 unspecified atom stereocenters. The number of nitrogens with one attached hydrogen (secondary N) is 2. The van der Waals surface area contributed by atoms with Gasteiger partial charge < -0.3 is 10.1 Å². The Bertz CT molecular complexity index is 1180. The standard InChI is InChI=1S/C23H17Cl2N3O4/c1-14-2-9-18(12-20(14)25)27-21(29)22(30)28-26-13-15-3-10-19(11-4-15)32-23(31)16-5-7-17(24)8-6-16/h2-13H,1H3,(H,27,29)(H,28,30)/b26-13-. The largest absolute Gasteiger partial charge is 0.423 e. The van der Waals surface area contributed by atoms with Gasteiger partial charge in [-0.05, 0) is 78.7 Å². The lowest BCUT2D eigenvalue weighted by Crippen LogP contribution is -2.32. The Morgan fingerprint density at radius 1 is 0.906 bits per heavy atom. The molecule has 162 valence electrons. The molecule has 0 saturated carbocycles. The molecule has 0 fully saturated rings. The molecule has 3 aromatic carbocycles. The van der Waals surface area contributed by atoms with Crippen LogP contribution >= 0.6 is 23.2 Å². The van der Waals surface area contributed by atoms with E-state index in [0.717, 1.165) is 5.56 Å². The number of halogens is 2. The van der Waals surface area contributed by atoms with Crippen molar-refractivity contribution < 1.29 is 19.1 Å². The summed E-state index contributed by atoms with van der Waals surface area (Å²) >= 11 is 11.8. The van der Waals surface area contributed by atoms with Crippen LogP contribution in [-0.4, -0.2) is 24.0 Å². The number of esters is 1. The third-order valence-electron chi connectivity index (χ3n) is 4.19. The Kier molecular flexibility index (Phi) is 7.59. The van der Waals surface area contributed by atoms with Gasteiger partial charge in [-0.25, -0.2) is 10.2 Å². The number of benzene rings is 3. The molecule has 0 aliphatic rings. The normalized spacial score (nSPS) is 10.6. The lowest BCUT2D eigenvalue weighted by molar-refractivity contribution is -0.136. The maximum atomic E-state index is 12.1. The van der Waals surface area contributed by atoms with E-state index in [0.29, 0.717) is 32.6 Å². The molecule has 0 aliphatic carbocycles. The molecule has 2 amide bonds. The number of ether oxygens (including phenoxy) is 1. The summed E-state index contributed by atoms with van der Waals surface area (Å²) in [7, 11) is 0. The number of anilines is 1. The summed E-state index contributed by atoms with van der Waals surface area (Å²) in [6.45, 7) is 1.82. The Balaban J connectivity index is 1.51. The minimum atomic E-state index is -0.938. The molecule has 32 heavy (non-hydrogen) atoms. The van der Waals surface area contributed by atoms with Crippen molar-refractivity contribution >= 4 is 52.9 Å². The minimum Gasteiger partial charge on any atom is -0.423 e. The van der Waals surface area contributed by atoms with Crippen LogP contribution in [0.4, 0.5) is 5.69 Å². The number of amides is 2.